The summed E-state index contributed by atoms with van der Waals surface area (Å²) >= 11 is 0. The van der Waals surface area contributed by atoms with E-state index in [0.717, 1.165) is 0 Å². The Hall–Kier alpha value is -1.50. The van der Waals surface area contributed by atoms with E-state index in [1.165, 1.54) is 14.0 Å². The van der Waals surface area contributed by atoms with Gasteiger partial charge in [0.05, 0.1) is 0 Å². The number of aliphatic hydroxyl groups excluding tert-OH is 1. The van der Waals surface area contributed by atoms with Gasteiger partial charge in [0, 0.05) is 7.05 Å². The maximum Gasteiger partial charge on any atom is 0.265 e. The van der Waals surface area contributed by atoms with E-state index < -0.39 is 5.91 Å². The van der Waals surface area contributed by atoms with Gasteiger partial charge in [-0.25, -0.2) is 0 Å². The van der Waals surface area contributed by atoms with Crippen LogP contribution in [0, 0.1) is 11.3 Å². The van der Waals surface area contributed by atoms with Crippen LogP contribution in [0.2, 0.25) is 0 Å². The molecule has 0 spiro atoms. The van der Waals surface area contributed by atoms with Gasteiger partial charge in [0.2, 0.25) is 0 Å². The van der Waals surface area contributed by atoms with Crippen LogP contribution < -0.4 is 5.32 Å². The number of hydrogen-bond donors (Lipinski definition) is 2. The standard InChI is InChI=1S/C6H8N2O2/c1-4(9)5(3-7)6(10)8-2/h9H,1-2H3,(H,8,10). The second-order valence-corrected chi connectivity index (χ2v) is 1.65. The highest BCUT2D eigenvalue weighted by molar-refractivity contribution is 5.97. The third-order valence-electron chi connectivity index (χ3n) is 0.928. The van der Waals surface area contributed by atoms with Crippen LogP contribution in [0.3, 0.4) is 0 Å². The molecular formula is C6H8N2O2. The van der Waals surface area contributed by atoms with Crippen LogP contribution >= 0.6 is 0 Å². The van der Waals surface area contributed by atoms with Crippen molar-refractivity contribution in [2.24, 2.45) is 0 Å². The lowest BCUT2D eigenvalue weighted by atomic mass is 10.2. The van der Waals surface area contributed by atoms with Crippen LogP contribution in [-0.4, -0.2) is 18.1 Å². The van der Waals surface area contributed by atoms with Crippen molar-refractivity contribution in [3.05, 3.63) is 11.3 Å². The molecule has 10 heavy (non-hydrogen) atoms. The SMILES string of the molecule is CNC(=O)C(C#N)=C(C)O. The molecule has 0 aromatic heterocycles. The van der Waals surface area contributed by atoms with Crippen LogP contribution in [-0.2, 0) is 4.79 Å². The number of allylic oxidation sites excluding steroid dienone is 1. The van der Waals surface area contributed by atoms with Gasteiger partial charge in [-0.3, -0.25) is 4.79 Å². The highest BCUT2D eigenvalue weighted by Crippen LogP contribution is 1.97. The summed E-state index contributed by atoms with van der Waals surface area (Å²) in [6, 6.07) is 1.57. The highest BCUT2D eigenvalue weighted by Gasteiger charge is 2.08. The molecule has 0 fully saturated rings. The van der Waals surface area contributed by atoms with E-state index in [9.17, 15) is 4.79 Å². The maximum atomic E-state index is 10.6. The van der Waals surface area contributed by atoms with Gasteiger partial charge in [-0.15, -0.1) is 0 Å². The molecule has 4 heteroatoms. The van der Waals surface area contributed by atoms with Gasteiger partial charge in [0.1, 0.15) is 11.8 Å². The number of nitriles is 1. The quantitative estimate of drug-likeness (QED) is 0.308. The Morgan fingerprint density at radius 1 is 1.70 bits per heavy atom. The summed E-state index contributed by atoms with van der Waals surface area (Å²) < 4.78 is 0. The van der Waals surface area contributed by atoms with Gasteiger partial charge < -0.3 is 10.4 Å². The summed E-state index contributed by atoms with van der Waals surface area (Å²) in [5, 5.41) is 19.2. The summed E-state index contributed by atoms with van der Waals surface area (Å²) in [5.41, 5.74) is -0.248. The lowest BCUT2D eigenvalue weighted by Crippen LogP contribution is -2.20. The van der Waals surface area contributed by atoms with E-state index in [0.29, 0.717) is 0 Å². The minimum atomic E-state index is -0.567. The Bertz CT molecular complexity index is 208. The van der Waals surface area contributed by atoms with Gasteiger partial charge >= 0.3 is 0 Å². The minimum Gasteiger partial charge on any atom is -0.511 e. The number of rotatable bonds is 1. The Balaban J connectivity index is 4.59. The molecule has 54 valence electrons. The summed E-state index contributed by atoms with van der Waals surface area (Å²) in [6.45, 7) is 1.29. The van der Waals surface area contributed by atoms with E-state index in [1.54, 1.807) is 6.07 Å². The Morgan fingerprint density at radius 3 is 2.30 bits per heavy atom. The molecule has 0 aliphatic heterocycles. The van der Waals surface area contributed by atoms with Crippen molar-refractivity contribution >= 4 is 5.91 Å². The zero-order valence-electron chi connectivity index (χ0n) is 5.80. The molecule has 4 nitrogen and oxygen atoms in total. The second kappa shape index (κ2) is 3.51. The number of likely N-dealkylation sites (N-methyl/N-ethyl adjacent to an activating group) is 1. The average Bonchev–Trinajstić information content (AvgIpc) is 1.88. The number of amides is 1. The summed E-state index contributed by atoms with van der Waals surface area (Å²) in [5.74, 6) is -0.829. The zero-order chi connectivity index (χ0) is 8.15. The Morgan fingerprint density at radius 2 is 2.20 bits per heavy atom. The number of nitrogens with one attached hydrogen (secondary N) is 1. The molecule has 0 bridgehead atoms. The maximum absolute atomic E-state index is 10.6. The first-order valence-corrected chi connectivity index (χ1v) is 2.65. The Labute approximate surface area is 58.8 Å². The highest BCUT2D eigenvalue weighted by atomic mass is 16.3. The molecule has 1 amide bonds. The largest absolute Gasteiger partial charge is 0.511 e. The van der Waals surface area contributed by atoms with Gasteiger partial charge in [-0.1, -0.05) is 0 Å². The van der Waals surface area contributed by atoms with Crippen molar-refractivity contribution in [3.63, 3.8) is 0 Å². The fourth-order valence-electron chi connectivity index (χ4n) is 0.421. The number of nitrogens with zero attached hydrogens (tertiary/aromatic N) is 1. The van der Waals surface area contributed by atoms with Crippen LogP contribution in [0.25, 0.3) is 0 Å². The molecule has 2 N–H and O–H groups in total. The predicted octanol–water partition coefficient (Wildman–Crippen LogP) is 0.0880. The van der Waals surface area contributed by atoms with Crippen LogP contribution in [0.4, 0.5) is 0 Å². The van der Waals surface area contributed by atoms with E-state index in [2.05, 4.69) is 5.32 Å². The zero-order valence-corrected chi connectivity index (χ0v) is 5.80. The summed E-state index contributed by atoms with van der Waals surface area (Å²) in [4.78, 5) is 10.6. The first kappa shape index (κ1) is 8.50. The van der Waals surface area contributed by atoms with Crippen molar-refractivity contribution in [3.8, 4) is 6.07 Å². The van der Waals surface area contributed by atoms with E-state index in [4.69, 9.17) is 10.4 Å². The van der Waals surface area contributed by atoms with E-state index >= 15 is 0 Å². The molecule has 0 saturated carbocycles. The minimum absolute atomic E-state index is 0.248. The average molecular weight is 140 g/mol. The van der Waals surface area contributed by atoms with Crippen LogP contribution in [0.1, 0.15) is 6.92 Å². The molecular weight excluding hydrogens is 132 g/mol. The number of hydrogen-bond acceptors (Lipinski definition) is 3. The van der Waals surface area contributed by atoms with Gasteiger partial charge in [0.15, 0.2) is 5.57 Å². The summed E-state index contributed by atoms with van der Waals surface area (Å²) in [6.07, 6.45) is 0. The smallest absolute Gasteiger partial charge is 0.265 e. The molecule has 0 radical (unpaired) electrons. The van der Waals surface area contributed by atoms with Crippen LogP contribution in [0.15, 0.2) is 11.3 Å². The molecule has 0 saturated heterocycles. The number of aliphatic hydroxyl groups is 1. The second-order valence-electron chi connectivity index (χ2n) is 1.65. The Kier molecular flexibility index (Phi) is 2.98. The fraction of sp³-hybridized carbons (Fsp3) is 0.333. The van der Waals surface area contributed by atoms with E-state index in [1.807, 2.05) is 0 Å². The molecule has 0 aromatic carbocycles. The normalized spacial score (nSPS) is 11.3. The van der Waals surface area contributed by atoms with Crippen molar-refractivity contribution in [2.75, 3.05) is 7.05 Å². The van der Waals surface area contributed by atoms with Gasteiger partial charge in [-0.2, -0.15) is 5.26 Å². The third kappa shape index (κ3) is 1.78. The predicted molar refractivity (Wildman–Crippen MR) is 35.0 cm³/mol. The van der Waals surface area contributed by atoms with Gasteiger partial charge in [-0.05, 0) is 6.92 Å². The number of carbonyl (C=O) groups excluding carboxylic acids is 1. The van der Waals surface area contributed by atoms with Crippen molar-refractivity contribution in [2.45, 2.75) is 6.92 Å². The monoisotopic (exact) mass is 140 g/mol. The lowest BCUT2D eigenvalue weighted by molar-refractivity contribution is -0.116. The molecule has 0 heterocycles. The molecule has 0 atom stereocenters. The molecule has 0 rings (SSSR count). The van der Waals surface area contributed by atoms with Crippen molar-refractivity contribution in [1.82, 2.24) is 5.32 Å². The first-order valence-electron chi connectivity index (χ1n) is 2.65. The first-order chi connectivity index (χ1) is 4.63. The number of carbonyl (C=O) groups is 1. The molecule has 0 aliphatic rings. The lowest BCUT2D eigenvalue weighted by Gasteiger charge is -1.95. The van der Waals surface area contributed by atoms with E-state index in [-0.39, 0.29) is 11.3 Å². The van der Waals surface area contributed by atoms with Crippen molar-refractivity contribution in [1.29, 1.82) is 5.26 Å². The molecule has 0 aliphatic carbocycles. The molecule has 0 unspecified atom stereocenters. The van der Waals surface area contributed by atoms with Gasteiger partial charge in [0.25, 0.3) is 5.91 Å². The van der Waals surface area contributed by atoms with Crippen LogP contribution in [0.5, 0.6) is 0 Å². The topological polar surface area (TPSA) is 73.1 Å². The van der Waals surface area contributed by atoms with Crippen molar-refractivity contribution < 1.29 is 9.90 Å². The molecule has 0 aromatic rings. The summed E-state index contributed by atoms with van der Waals surface area (Å²) in [7, 11) is 1.39. The third-order valence-corrected chi connectivity index (χ3v) is 0.928. The fourth-order valence-corrected chi connectivity index (χ4v) is 0.421.